The lowest BCUT2D eigenvalue weighted by Crippen LogP contribution is -1.99. The van der Waals surface area contributed by atoms with Gasteiger partial charge in [0.2, 0.25) is 0 Å². The molecule has 18 heavy (non-hydrogen) atoms. The minimum absolute atomic E-state index is 0.773. The molecule has 0 radical (unpaired) electrons. The molecule has 1 rings (SSSR count). The van der Waals surface area contributed by atoms with Gasteiger partial charge in [0.25, 0.3) is 0 Å². The van der Waals surface area contributed by atoms with Gasteiger partial charge in [-0.1, -0.05) is 80.4 Å². The summed E-state index contributed by atoms with van der Waals surface area (Å²) < 4.78 is 1.19. The van der Waals surface area contributed by atoms with Gasteiger partial charge in [0.1, 0.15) is 0 Å². The second kappa shape index (κ2) is 9.61. The second-order valence-corrected chi connectivity index (χ2v) is 6.16. The van der Waals surface area contributed by atoms with Crippen LogP contribution in [0.3, 0.4) is 0 Å². The molecule has 0 aliphatic heterocycles. The van der Waals surface area contributed by atoms with Gasteiger partial charge in [-0.15, -0.1) is 0 Å². The number of benzene rings is 1. The largest absolute Gasteiger partial charge is 0.0654 e. The van der Waals surface area contributed by atoms with E-state index in [9.17, 15) is 0 Å². The Bertz CT molecular complexity index is 302. The fourth-order valence-corrected chi connectivity index (χ4v) is 2.74. The molecule has 1 unspecified atom stereocenters. The molecule has 0 saturated heterocycles. The van der Waals surface area contributed by atoms with Crippen molar-refractivity contribution in [2.45, 2.75) is 71.1 Å². The summed E-state index contributed by atoms with van der Waals surface area (Å²) in [4.78, 5) is 0. The highest BCUT2D eigenvalue weighted by Gasteiger charge is 2.10. The average molecular weight is 311 g/mol. The average Bonchev–Trinajstić information content (AvgIpc) is 2.39. The Kier molecular flexibility index (Phi) is 8.41. The predicted octanol–water partition coefficient (Wildman–Crippen LogP) is 6.69. The van der Waals surface area contributed by atoms with Crippen molar-refractivity contribution in [1.82, 2.24) is 0 Å². The number of unbranched alkanes of at least 4 members (excludes halogenated alkanes) is 4. The maximum atomic E-state index is 3.52. The lowest BCUT2D eigenvalue weighted by Gasteiger charge is -2.17. The van der Waals surface area contributed by atoms with E-state index in [4.69, 9.17) is 0 Å². The first-order chi connectivity index (χ1) is 8.77. The van der Waals surface area contributed by atoms with E-state index in [-0.39, 0.29) is 0 Å². The summed E-state index contributed by atoms with van der Waals surface area (Å²) in [6, 6.07) is 8.95. The van der Waals surface area contributed by atoms with E-state index in [0.29, 0.717) is 0 Å². The third kappa shape index (κ3) is 6.04. The summed E-state index contributed by atoms with van der Waals surface area (Å²) in [5.41, 5.74) is 1.53. The minimum Gasteiger partial charge on any atom is -0.0654 e. The van der Waals surface area contributed by atoms with Gasteiger partial charge < -0.3 is 0 Å². The Morgan fingerprint density at radius 2 is 1.44 bits per heavy atom. The van der Waals surface area contributed by atoms with Crippen molar-refractivity contribution in [3.05, 3.63) is 34.3 Å². The molecule has 0 spiro atoms. The first-order valence-electron chi connectivity index (χ1n) is 7.53. The van der Waals surface area contributed by atoms with Crippen LogP contribution in [-0.2, 0) is 0 Å². The monoisotopic (exact) mass is 310 g/mol. The molecule has 0 heterocycles. The van der Waals surface area contributed by atoms with Gasteiger partial charge in [0, 0.05) is 4.47 Å². The maximum absolute atomic E-state index is 3.52. The summed E-state index contributed by atoms with van der Waals surface area (Å²) >= 11 is 3.52. The lowest BCUT2D eigenvalue weighted by molar-refractivity contribution is 0.509. The van der Waals surface area contributed by atoms with Crippen molar-refractivity contribution >= 4 is 15.9 Å². The van der Waals surface area contributed by atoms with Crippen LogP contribution < -0.4 is 0 Å². The zero-order valence-electron chi connectivity index (χ0n) is 11.9. The molecule has 0 amide bonds. The summed E-state index contributed by atoms with van der Waals surface area (Å²) in [5, 5.41) is 0. The molecule has 0 bridgehead atoms. The molecular formula is C17H27Br. The normalized spacial score (nSPS) is 12.6. The second-order valence-electron chi connectivity index (χ2n) is 5.24. The zero-order valence-corrected chi connectivity index (χ0v) is 13.5. The molecule has 1 heteroatoms. The molecular weight excluding hydrogens is 284 g/mol. The van der Waals surface area contributed by atoms with Crippen molar-refractivity contribution < 1.29 is 0 Å². The fourth-order valence-electron chi connectivity index (χ4n) is 2.48. The smallest absolute Gasteiger partial charge is 0.0175 e. The third-order valence-electron chi connectivity index (χ3n) is 3.65. The van der Waals surface area contributed by atoms with Crippen molar-refractivity contribution in [2.75, 3.05) is 0 Å². The minimum atomic E-state index is 0.773. The number of rotatable bonds is 9. The van der Waals surface area contributed by atoms with Gasteiger partial charge in [0.15, 0.2) is 0 Å². The van der Waals surface area contributed by atoms with Gasteiger partial charge >= 0.3 is 0 Å². The molecule has 0 fully saturated rings. The van der Waals surface area contributed by atoms with Crippen molar-refractivity contribution in [3.8, 4) is 0 Å². The van der Waals surface area contributed by atoms with Crippen LogP contribution in [0.15, 0.2) is 28.7 Å². The van der Waals surface area contributed by atoms with E-state index in [1.807, 2.05) is 0 Å². The first kappa shape index (κ1) is 15.8. The van der Waals surface area contributed by atoms with Crippen LogP contribution in [0, 0.1) is 0 Å². The number of halogens is 1. The van der Waals surface area contributed by atoms with Crippen molar-refractivity contribution in [2.24, 2.45) is 0 Å². The Labute approximate surface area is 121 Å². The summed E-state index contributed by atoms with van der Waals surface area (Å²) in [6.07, 6.45) is 10.9. The Balaban J connectivity index is 2.51. The van der Waals surface area contributed by atoms with Crippen LogP contribution >= 0.6 is 15.9 Å². The van der Waals surface area contributed by atoms with Crippen molar-refractivity contribution in [1.29, 1.82) is 0 Å². The van der Waals surface area contributed by atoms with E-state index in [1.54, 1.807) is 0 Å². The third-order valence-corrected chi connectivity index (χ3v) is 4.18. The van der Waals surface area contributed by atoms with Crippen molar-refractivity contribution in [3.63, 3.8) is 0 Å². The Morgan fingerprint density at radius 1 is 0.833 bits per heavy atom. The molecule has 102 valence electrons. The van der Waals surface area contributed by atoms with E-state index in [2.05, 4.69) is 54.0 Å². The molecule has 0 nitrogen and oxygen atoms in total. The summed E-state index contributed by atoms with van der Waals surface area (Å²) in [5.74, 6) is 0.773. The molecule has 0 aliphatic rings. The van der Waals surface area contributed by atoms with Crippen LogP contribution in [-0.4, -0.2) is 0 Å². The lowest BCUT2D eigenvalue weighted by atomic mass is 9.89. The van der Waals surface area contributed by atoms with Gasteiger partial charge in [0.05, 0.1) is 0 Å². The standard InChI is InChI=1S/C17H27Br/c1-3-5-7-8-10-15(9-6-4-2)16-11-13-17(18)14-12-16/h11-15H,3-10H2,1-2H3. The molecule has 0 saturated carbocycles. The van der Waals surface area contributed by atoms with Crippen LogP contribution in [0.4, 0.5) is 0 Å². The summed E-state index contributed by atoms with van der Waals surface area (Å²) in [6.45, 7) is 4.57. The van der Waals surface area contributed by atoms with Gasteiger partial charge in [-0.2, -0.15) is 0 Å². The van der Waals surface area contributed by atoms with Gasteiger partial charge in [-0.25, -0.2) is 0 Å². The van der Waals surface area contributed by atoms with Crippen LogP contribution in [0.2, 0.25) is 0 Å². The molecule has 1 atom stereocenters. The quantitative estimate of drug-likeness (QED) is 0.445. The highest BCUT2D eigenvalue weighted by molar-refractivity contribution is 9.10. The van der Waals surface area contributed by atoms with E-state index >= 15 is 0 Å². The van der Waals surface area contributed by atoms with Gasteiger partial charge in [-0.05, 0) is 36.5 Å². The zero-order chi connectivity index (χ0) is 13.2. The Morgan fingerprint density at radius 3 is 2.06 bits per heavy atom. The maximum Gasteiger partial charge on any atom is 0.0175 e. The molecule has 0 N–H and O–H groups in total. The van der Waals surface area contributed by atoms with Crippen LogP contribution in [0.25, 0.3) is 0 Å². The topological polar surface area (TPSA) is 0 Å². The van der Waals surface area contributed by atoms with E-state index in [0.717, 1.165) is 5.92 Å². The fraction of sp³-hybridized carbons (Fsp3) is 0.647. The molecule has 0 aliphatic carbocycles. The first-order valence-corrected chi connectivity index (χ1v) is 8.32. The predicted molar refractivity (Wildman–Crippen MR) is 85.2 cm³/mol. The highest BCUT2D eigenvalue weighted by atomic mass is 79.9. The number of hydrogen-bond donors (Lipinski definition) is 0. The molecule has 1 aromatic rings. The van der Waals surface area contributed by atoms with E-state index in [1.165, 1.54) is 61.4 Å². The van der Waals surface area contributed by atoms with Crippen LogP contribution in [0.5, 0.6) is 0 Å². The van der Waals surface area contributed by atoms with Gasteiger partial charge in [-0.3, -0.25) is 0 Å². The molecule has 1 aromatic carbocycles. The summed E-state index contributed by atoms with van der Waals surface area (Å²) in [7, 11) is 0. The van der Waals surface area contributed by atoms with Crippen LogP contribution in [0.1, 0.15) is 76.7 Å². The SMILES string of the molecule is CCCCCCC(CCCC)c1ccc(Br)cc1. The van der Waals surface area contributed by atoms with E-state index < -0.39 is 0 Å². The molecule has 0 aromatic heterocycles. The Hall–Kier alpha value is -0.300. The number of hydrogen-bond acceptors (Lipinski definition) is 0. The highest BCUT2D eigenvalue weighted by Crippen LogP contribution is 2.29.